The summed E-state index contributed by atoms with van der Waals surface area (Å²) in [5.74, 6) is 1.41. The first-order valence-corrected chi connectivity index (χ1v) is 5.24. The normalized spacial score (nSPS) is 21.7. The van der Waals surface area contributed by atoms with E-state index in [2.05, 4.69) is 4.90 Å². The number of aliphatic hydroxyl groups is 1. The molecule has 1 unspecified atom stereocenters. The van der Waals surface area contributed by atoms with Crippen LogP contribution in [0.2, 0.25) is 0 Å². The lowest BCUT2D eigenvalue weighted by molar-refractivity contribution is 0.110. The van der Waals surface area contributed by atoms with E-state index < -0.39 is 0 Å². The molecule has 0 aromatic carbocycles. The van der Waals surface area contributed by atoms with Crippen molar-refractivity contribution in [1.82, 2.24) is 0 Å². The van der Waals surface area contributed by atoms with E-state index in [1.807, 2.05) is 6.07 Å². The summed E-state index contributed by atoms with van der Waals surface area (Å²) in [6.45, 7) is 1.96. The predicted molar refractivity (Wildman–Crippen MR) is 56.1 cm³/mol. The quantitative estimate of drug-likeness (QED) is 0.762. The molecule has 2 rings (SSSR count). The number of hydrogen-bond acceptors (Lipinski definition) is 4. The molecule has 0 radical (unpaired) electrons. The molecule has 1 aromatic heterocycles. The van der Waals surface area contributed by atoms with Crippen LogP contribution in [0.25, 0.3) is 0 Å². The monoisotopic (exact) mass is 209 g/mol. The number of hydrogen-bond donors (Lipinski definition) is 1. The molecular formula is C11H15NO3. The minimum Gasteiger partial charge on any atom is -0.438 e. The van der Waals surface area contributed by atoms with E-state index in [1.165, 1.54) is 0 Å². The van der Waals surface area contributed by atoms with Gasteiger partial charge in [-0.2, -0.15) is 0 Å². The lowest BCUT2D eigenvalue weighted by Crippen LogP contribution is -2.36. The summed E-state index contributed by atoms with van der Waals surface area (Å²) in [6.07, 6.45) is 2.83. The van der Waals surface area contributed by atoms with Crippen LogP contribution in [0.1, 0.15) is 23.4 Å². The Morgan fingerprint density at radius 2 is 2.47 bits per heavy atom. The molecule has 1 aliphatic rings. The molecule has 1 N–H and O–H groups in total. The molecular weight excluding hydrogens is 194 g/mol. The highest BCUT2D eigenvalue weighted by Crippen LogP contribution is 2.24. The smallest absolute Gasteiger partial charge is 0.196 e. The van der Waals surface area contributed by atoms with Gasteiger partial charge in [0.2, 0.25) is 0 Å². The number of anilines is 1. The van der Waals surface area contributed by atoms with Gasteiger partial charge in [0, 0.05) is 25.8 Å². The van der Waals surface area contributed by atoms with Crippen molar-refractivity contribution < 1.29 is 14.3 Å². The van der Waals surface area contributed by atoms with Gasteiger partial charge in [-0.1, -0.05) is 0 Å². The lowest BCUT2D eigenvalue weighted by Gasteiger charge is -2.31. The molecule has 1 fully saturated rings. The Morgan fingerprint density at radius 1 is 1.60 bits per heavy atom. The third-order valence-electron chi connectivity index (χ3n) is 2.82. The fraction of sp³-hybridized carbons (Fsp3) is 0.545. The highest BCUT2D eigenvalue weighted by atomic mass is 16.4. The molecule has 0 amide bonds. The van der Waals surface area contributed by atoms with Crippen molar-refractivity contribution in [2.75, 3.05) is 24.6 Å². The molecule has 1 saturated heterocycles. The maximum absolute atomic E-state index is 10.5. The van der Waals surface area contributed by atoms with Gasteiger partial charge < -0.3 is 14.4 Å². The summed E-state index contributed by atoms with van der Waals surface area (Å²) in [6, 6.07) is 3.48. The zero-order chi connectivity index (χ0) is 10.7. The summed E-state index contributed by atoms with van der Waals surface area (Å²) in [5.41, 5.74) is 0. The molecule has 15 heavy (non-hydrogen) atoms. The molecule has 4 nitrogen and oxygen atoms in total. The van der Waals surface area contributed by atoms with Gasteiger partial charge in [0.25, 0.3) is 0 Å². The topological polar surface area (TPSA) is 53.7 Å². The number of aliphatic hydroxyl groups excluding tert-OH is 1. The molecule has 0 aliphatic carbocycles. The number of carbonyl (C=O) groups is 1. The number of nitrogens with zero attached hydrogens (tertiary/aromatic N) is 1. The Bertz CT molecular complexity index is 334. The Morgan fingerprint density at radius 3 is 3.13 bits per heavy atom. The van der Waals surface area contributed by atoms with Crippen LogP contribution >= 0.6 is 0 Å². The molecule has 2 heterocycles. The minimum absolute atomic E-state index is 0.220. The van der Waals surface area contributed by atoms with E-state index in [-0.39, 0.29) is 6.61 Å². The zero-order valence-electron chi connectivity index (χ0n) is 8.56. The SMILES string of the molecule is O=Cc1ccc(N2CCCC(CO)C2)o1. The highest BCUT2D eigenvalue weighted by molar-refractivity contribution is 5.71. The molecule has 82 valence electrons. The largest absolute Gasteiger partial charge is 0.438 e. The van der Waals surface area contributed by atoms with Crippen LogP contribution in [-0.4, -0.2) is 31.1 Å². The molecule has 0 saturated carbocycles. The van der Waals surface area contributed by atoms with Crippen LogP contribution in [-0.2, 0) is 0 Å². The van der Waals surface area contributed by atoms with E-state index in [4.69, 9.17) is 9.52 Å². The van der Waals surface area contributed by atoms with E-state index >= 15 is 0 Å². The Balaban J connectivity index is 2.06. The molecule has 0 bridgehead atoms. The number of furan rings is 1. The predicted octanol–water partition coefficient (Wildman–Crippen LogP) is 1.30. The minimum atomic E-state index is 0.220. The van der Waals surface area contributed by atoms with Gasteiger partial charge in [-0.15, -0.1) is 0 Å². The molecule has 4 heteroatoms. The number of piperidine rings is 1. The summed E-state index contributed by atoms with van der Waals surface area (Å²) < 4.78 is 5.34. The van der Waals surface area contributed by atoms with Crippen molar-refractivity contribution in [3.63, 3.8) is 0 Å². The average molecular weight is 209 g/mol. The Kier molecular flexibility index (Phi) is 3.06. The number of carbonyl (C=O) groups excluding carboxylic acids is 1. The first-order valence-electron chi connectivity index (χ1n) is 5.24. The van der Waals surface area contributed by atoms with Crippen molar-refractivity contribution in [3.05, 3.63) is 17.9 Å². The second-order valence-electron chi connectivity index (χ2n) is 3.93. The Labute approximate surface area is 88.5 Å². The van der Waals surface area contributed by atoms with Gasteiger partial charge >= 0.3 is 0 Å². The van der Waals surface area contributed by atoms with Gasteiger partial charge in [0.1, 0.15) is 0 Å². The maximum Gasteiger partial charge on any atom is 0.196 e. The summed E-state index contributed by atoms with van der Waals surface area (Å²) in [5, 5.41) is 9.09. The van der Waals surface area contributed by atoms with E-state index in [0.717, 1.165) is 31.8 Å². The zero-order valence-corrected chi connectivity index (χ0v) is 8.56. The first-order chi connectivity index (χ1) is 7.33. The van der Waals surface area contributed by atoms with Crippen molar-refractivity contribution >= 4 is 12.2 Å². The Hall–Kier alpha value is -1.29. The van der Waals surface area contributed by atoms with Gasteiger partial charge in [0.05, 0.1) is 0 Å². The van der Waals surface area contributed by atoms with Crippen molar-refractivity contribution in [2.24, 2.45) is 5.92 Å². The molecule has 1 atom stereocenters. The van der Waals surface area contributed by atoms with Crippen molar-refractivity contribution in [2.45, 2.75) is 12.8 Å². The number of aldehydes is 1. The van der Waals surface area contributed by atoms with Crippen molar-refractivity contribution in [1.29, 1.82) is 0 Å². The van der Waals surface area contributed by atoms with E-state index in [1.54, 1.807) is 6.07 Å². The van der Waals surface area contributed by atoms with Gasteiger partial charge in [-0.25, -0.2) is 0 Å². The van der Waals surface area contributed by atoms with Crippen LogP contribution in [0.15, 0.2) is 16.5 Å². The highest BCUT2D eigenvalue weighted by Gasteiger charge is 2.21. The fourth-order valence-electron chi connectivity index (χ4n) is 1.99. The van der Waals surface area contributed by atoms with Gasteiger partial charge in [-0.05, 0) is 24.8 Å². The summed E-state index contributed by atoms with van der Waals surface area (Å²) in [7, 11) is 0. The van der Waals surface area contributed by atoms with Crippen LogP contribution in [0, 0.1) is 5.92 Å². The van der Waals surface area contributed by atoms with Gasteiger partial charge in [-0.3, -0.25) is 4.79 Å². The lowest BCUT2D eigenvalue weighted by atomic mass is 9.99. The average Bonchev–Trinajstić information content (AvgIpc) is 2.78. The third kappa shape index (κ3) is 2.21. The maximum atomic E-state index is 10.5. The van der Waals surface area contributed by atoms with Crippen molar-refractivity contribution in [3.8, 4) is 0 Å². The number of rotatable bonds is 3. The van der Waals surface area contributed by atoms with Gasteiger partial charge in [0.15, 0.2) is 17.9 Å². The van der Waals surface area contributed by atoms with Crippen LogP contribution < -0.4 is 4.90 Å². The van der Waals surface area contributed by atoms with E-state index in [0.29, 0.717) is 18.0 Å². The van der Waals surface area contributed by atoms with Crippen LogP contribution in [0.3, 0.4) is 0 Å². The molecule has 0 spiro atoms. The van der Waals surface area contributed by atoms with E-state index in [9.17, 15) is 4.79 Å². The van der Waals surface area contributed by atoms with Crippen LogP contribution in [0.5, 0.6) is 0 Å². The third-order valence-corrected chi connectivity index (χ3v) is 2.82. The first kappa shape index (κ1) is 10.2. The summed E-state index contributed by atoms with van der Waals surface area (Å²) in [4.78, 5) is 12.6. The molecule has 1 aliphatic heterocycles. The second-order valence-corrected chi connectivity index (χ2v) is 3.93. The molecule has 1 aromatic rings. The standard InChI is InChI=1S/C11H15NO3/c13-7-9-2-1-5-12(6-9)11-4-3-10(8-14)15-11/h3-4,8-9,13H,1-2,5-7H2. The second kappa shape index (κ2) is 4.49. The summed E-state index contributed by atoms with van der Waals surface area (Å²) >= 11 is 0. The fourth-order valence-corrected chi connectivity index (χ4v) is 1.99. The van der Waals surface area contributed by atoms with Crippen LogP contribution in [0.4, 0.5) is 5.88 Å².